The summed E-state index contributed by atoms with van der Waals surface area (Å²) in [7, 11) is 0. The fraction of sp³-hybridized carbons (Fsp3) is 0.238. The highest BCUT2D eigenvalue weighted by atomic mass is 35.5. The minimum absolute atomic E-state index is 0.440. The van der Waals surface area contributed by atoms with E-state index in [9.17, 15) is 0 Å². The minimum atomic E-state index is 0.440. The number of thioether (sulfide) groups is 1. The molecule has 4 aromatic rings. The third-order valence-corrected chi connectivity index (χ3v) is 7.03. The van der Waals surface area contributed by atoms with Crippen LogP contribution < -0.4 is 0 Å². The van der Waals surface area contributed by atoms with Gasteiger partial charge in [0.1, 0.15) is 0 Å². The van der Waals surface area contributed by atoms with Crippen molar-refractivity contribution in [3.8, 4) is 17.1 Å². The Labute approximate surface area is 183 Å². The molecule has 148 valence electrons. The zero-order chi connectivity index (χ0) is 20.4. The van der Waals surface area contributed by atoms with E-state index in [1.807, 2.05) is 37.3 Å². The lowest BCUT2D eigenvalue weighted by Crippen LogP contribution is -2.02. The summed E-state index contributed by atoms with van der Waals surface area (Å²) in [4.78, 5) is 8.85. The van der Waals surface area contributed by atoms with Gasteiger partial charge in [-0.1, -0.05) is 43.3 Å². The van der Waals surface area contributed by atoms with Crippen molar-refractivity contribution in [2.75, 3.05) is 0 Å². The molecule has 29 heavy (non-hydrogen) atoms. The number of hydrogen-bond donors (Lipinski definition) is 0. The van der Waals surface area contributed by atoms with Crippen LogP contribution in [0.25, 0.3) is 17.1 Å². The maximum absolute atomic E-state index is 6.41. The highest BCUT2D eigenvalue weighted by Crippen LogP contribution is 2.33. The molecule has 0 fully saturated rings. The van der Waals surface area contributed by atoms with Crippen LogP contribution in [0.15, 0.2) is 53.3 Å². The molecule has 0 atom stereocenters. The van der Waals surface area contributed by atoms with Crippen LogP contribution in [0.4, 0.5) is 0 Å². The average molecular weight is 442 g/mol. The molecule has 0 amide bonds. The molecule has 0 unspecified atom stereocenters. The van der Waals surface area contributed by atoms with Gasteiger partial charge in [-0.3, -0.25) is 9.55 Å². The van der Waals surface area contributed by atoms with Crippen LogP contribution in [0, 0.1) is 6.92 Å². The second-order valence-corrected chi connectivity index (χ2v) is 9.12. The number of thiazole rings is 1. The van der Waals surface area contributed by atoms with Crippen molar-refractivity contribution in [2.45, 2.75) is 37.6 Å². The summed E-state index contributed by atoms with van der Waals surface area (Å²) in [6.45, 7) is 6.34. The van der Waals surface area contributed by atoms with E-state index in [4.69, 9.17) is 16.6 Å². The van der Waals surface area contributed by atoms with Gasteiger partial charge >= 0.3 is 0 Å². The number of hydrogen-bond acceptors (Lipinski definition) is 6. The van der Waals surface area contributed by atoms with Crippen molar-refractivity contribution in [1.82, 2.24) is 24.7 Å². The van der Waals surface area contributed by atoms with Crippen LogP contribution in [0.1, 0.15) is 36.0 Å². The third-order valence-electron chi connectivity index (χ3n) is 4.46. The largest absolute Gasteiger partial charge is 0.270 e. The van der Waals surface area contributed by atoms with E-state index < -0.39 is 0 Å². The molecule has 0 aliphatic heterocycles. The highest BCUT2D eigenvalue weighted by molar-refractivity contribution is 7.98. The lowest BCUT2D eigenvalue weighted by molar-refractivity contribution is 0.845. The smallest absolute Gasteiger partial charge is 0.196 e. The molecule has 0 aliphatic rings. The van der Waals surface area contributed by atoms with E-state index in [0.29, 0.717) is 10.9 Å². The number of aromatic nitrogens is 5. The van der Waals surface area contributed by atoms with Crippen molar-refractivity contribution in [2.24, 2.45) is 0 Å². The molecule has 0 aliphatic carbocycles. The molecule has 3 aromatic heterocycles. The van der Waals surface area contributed by atoms with Crippen LogP contribution in [-0.4, -0.2) is 24.7 Å². The molecule has 8 heteroatoms. The zero-order valence-corrected chi connectivity index (χ0v) is 18.7. The topological polar surface area (TPSA) is 56.5 Å². The van der Waals surface area contributed by atoms with Gasteiger partial charge in [0.2, 0.25) is 0 Å². The Balaban J connectivity index is 1.74. The second-order valence-electron chi connectivity index (χ2n) is 6.88. The Morgan fingerprint density at radius 1 is 1.14 bits per heavy atom. The summed E-state index contributed by atoms with van der Waals surface area (Å²) < 4.78 is 2.07. The number of benzene rings is 1. The molecule has 0 N–H and O–H groups in total. The fourth-order valence-electron chi connectivity index (χ4n) is 2.90. The first-order chi connectivity index (χ1) is 14.0. The summed E-state index contributed by atoms with van der Waals surface area (Å²) in [5.41, 5.74) is 3.97. The van der Waals surface area contributed by atoms with E-state index in [0.717, 1.165) is 44.2 Å². The van der Waals surface area contributed by atoms with Crippen molar-refractivity contribution < 1.29 is 0 Å². The maximum Gasteiger partial charge on any atom is 0.196 e. The molecular formula is C21H20ClN5S2. The van der Waals surface area contributed by atoms with Gasteiger partial charge in [0.05, 0.1) is 16.4 Å². The summed E-state index contributed by atoms with van der Waals surface area (Å²) in [6.07, 6.45) is 3.52. The minimum Gasteiger partial charge on any atom is -0.270 e. The van der Waals surface area contributed by atoms with Gasteiger partial charge in [-0.2, -0.15) is 0 Å². The van der Waals surface area contributed by atoms with Gasteiger partial charge in [0.15, 0.2) is 11.0 Å². The second kappa shape index (κ2) is 8.65. The summed E-state index contributed by atoms with van der Waals surface area (Å²) in [5.74, 6) is 1.94. The molecule has 3 heterocycles. The van der Waals surface area contributed by atoms with Gasteiger partial charge in [-0.15, -0.1) is 21.5 Å². The first-order valence-corrected chi connectivity index (χ1v) is 11.5. The lowest BCUT2D eigenvalue weighted by atomic mass is 10.2. The van der Waals surface area contributed by atoms with Crippen molar-refractivity contribution in [3.05, 3.63) is 69.4 Å². The van der Waals surface area contributed by atoms with Crippen molar-refractivity contribution in [1.29, 1.82) is 0 Å². The molecule has 0 bridgehead atoms. The normalized spacial score (nSPS) is 11.3. The van der Waals surface area contributed by atoms with E-state index >= 15 is 0 Å². The SMILES string of the molecule is Cc1c(Cl)cccc1-n1c(SCc2csc(C(C)C)n2)nnc1-c1ccncc1. The average Bonchev–Trinajstić information content (AvgIpc) is 3.36. The fourth-order valence-corrected chi connectivity index (χ4v) is 4.85. The van der Waals surface area contributed by atoms with E-state index in [-0.39, 0.29) is 0 Å². The van der Waals surface area contributed by atoms with Gasteiger partial charge in [-0.05, 0) is 36.8 Å². The Hall–Kier alpha value is -2.22. The number of pyridine rings is 1. The van der Waals surface area contributed by atoms with E-state index in [2.05, 4.69) is 39.0 Å². The zero-order valence-electron chi connectivity index (χ0n) is 16.3. The van der Waals surface area contributed by atoms with Crippen molar-refractivity contribution >= 4 is 34.7 Å². The predicted octanol–water partition coefficient (Wildman–Crippen LogP) is 6.16. The van der Waals surface area contributed by atoms with Crippen LogP contribution in [0.3, 0.4) is 0 Å². The van der Waals surface area contributed by atoms with Crippen LogP contribution in [0.5, 0.6) is 0 Å². The highest BCUT2D eigenvalue weighted by Gasteiger charge is 2.19. The summed E-state index contributed by atoms with van der Waals surface area (Å²) in [6, 6.07) is 9.75. The monoisotopic (exact) mass is 441 g/mol. The number of nitrogens with zero attached hydrogens (tertiary/aromatic N) is 5. The molecule has 4 rings (SSSR count). The summed E-state index contributed by atoms with van der Waals surface area (Å²) in [5, 5.41) is 13.8. The standard InChI is InChI=1S/C21H20ClN5S2/c1-13(2)20-24-16(11-28-20)12-29-21-26-25-19(15-7-9-23-10-8-15)27(21)18-6-4-5-17(22)14(18)3/h4-11,13H,12H2,1-3H3. The third kappa shape index (κ3) is 4.22. The Morgan fingerprint density at radius 2 is 1.93 bits per heavy atom. The Bertz CT molecular complexity index is 1120. The number of halogens is 1. The van der Waals surface area contributed by atoms with Crippen LogP contribution in [-0.2, 0) is 5.75 Å². The molecule has 0 radical (unpaired) electrons. The van der Waals surface area contributed by atoms with Gasteiger partial charge in [-0.25, -0.2) is 4.98 Å². The molecule has 0 spiro atoms. The van der Waals surface area contributed by atoms with Crippen molar-refractivity contribution in [3.63, 3.8) is 0 Å². The molecule has 1 aromatic carbocycles. The molecule has 5 nitrogen and oxygen atoms in total. The van der Waals surface area contributed by atoms with Gasteiger partial charge in [0.25, 0.3) is 0 Å². The van der Waals surface area contributed by atoms with Gasteiger partial charge in [0, 0.05) is 40.0 Å². The summed E-state index contributed by atoms with van der Waals surface area (Å²) >= 11 is 9.74. The molecule has 0 saturated carbocycles. The first-order valence-electron chi connectivity index (χ1n) is 9.23. The predicted molar refractivity (Wildman–Crippen MR) is 120 cm³/mol. The van der Waals surface area contributed by atoms with Crippen LogP contribution >= 0.6 is 34.7 Å². The Morgan fingerprint density at radius 3 is 2.66 bits per heavy atom. The van der Waals surface area contributed by atoms with Crippen LogP contribution in [0.2, 0.25) is 5.02 Å². The Kier molecular flexibility index (Phi) is 5.99. The van der Waals surface area contributed by atoms with E-state index in [1.165, 1.54) is 0 Å². The lowest BCUT2D eigenvalue weighted by Gasteiger charge is -2.13. The number of rotatable bonds is 6. The van der Waals surface area contributed by atoms with Gasteiger partial charge < -0.3 is 0 Å². The first kappa shape index (κ1) is 20.1. The molecular weight excluding hydrogens is 422 g/mol. The molecule has 0 saturated heterocycles. The maximum atomic E-state index is 6.41. The quantitative estimate of drug-likeness (QED) is 0.335. The van der Waals surface area contributed by atoms with E-state index in [1.54, 1.807) is 35.5 Å².